The van der Waals surface area contributed by atoms with Gasteiger partial charge in [0.2, 0.25) is 5.88 Å². The van der Waals surface area contributed by atoms with Crippen molar-refractivity contribution in [1.29, 1.82) is 0 Å². The Balaban J connectivity index is 1.78. The minimum atomic E-state index is -0.569. The minimum Gasteiger partial charge on any atom is -0.493 e. The van der Waals surface area contributed by atoms with Crippen LogP contribution < -0.4 is 9.47 Å². The van der Waals surface area contributed by atoms with Gasteiger partial charge in [-0.25, -0.2) is 0 Å². The summed E-state index contributed by atoms with van der Waals surface area (Å²) in [6, 6.07) is 12.6. The molecule has 0 aliphatic heterocycles. The van der Waals surface area contributed by atoms with Crippen LogP contribution >= 0.6 is 0 Å². The number of aromatic nitrogens is 1. The van der Waals surface area contributed by atoms with Crippen LogP contribution in [0.2, 0.25) is 0 Å². The Morgan fingerprint density at radius 1 is 1.15 bits per heavy atom. The van der Waals surface area contributed by atoms with Gasteiger partial charge in [-0.05, 0) is 24.6 Å². The zero-order chi connectivity index (χ0) is 18.7. The number of carbonyl (C=O) groups is 1. The molecule has 0 fully saturated rings. The van der Waals surface area contributed by atoms with Crippen molar-refractivity contribution in [2.75, 3.05) is 13.7 Å². The highest BCUT2D eigenvalue weighted by molar-refractivity contribution is 5.97. The van der Waals surface area contributed by atoms with Gasteiger partial charge in [0.1, 0.15) is 0 Å². The molecule has 0 aliphatic rings. The third kappa shape index (κ3) is 3.23. The van der Waals surface area contributed by atoms with E-state index in [0.29, 0.717) is 11.5 Å². The maximum atomic E-state index is 12.0. The summed E-state index contributed by atoms with van der Waals surface area (Å²) in [4.78, 5) is 12.0. The Hall–Kier alpha value is -3.35. The molecular weight excluding hydrogens is 334 g/mol. The molecule has 1 aromatic heterocycles. The van der Waals surface area contributed by atoms with Gasteiger partial charge in [-0.3, -0.25) is 4.79 Å². The summed E-state index contributed by atoms with van der Waals surface area (Å²) < 4.78 is 12.2. The van der Waals surface area contributed by atoms with Crippen molar-refractivity contribution in [2.45, 2.75) is 6.92 Å². The SMILES string of the molecule is COc1ccccc1OCC(=O)N=Nc1c(O)n(C)c2c(C)cccc12. The van der Waals surface area contributed by atoms with Crippen LogP contribution in [0.3, 0.4) is 0 Å². The van der Waals surface area contributed by atoms with E-state index in [1.807, 2.05) is 25.1 Å². The molecule has 0 radical (unpaired) electrons. The van der Waals surface area contributed by atoms with E-state index in [1.54, 1.807) is 35.9 Å². The van der Waals surface area contributed by atoms with E-state index in [-0.39, 0.29) is 18.2 Å². The monoisotopic (exact) mass is 353 g/mol. The second-order valence-corrected chi connectivity index (χ2v) is 5.74. The summed E-state index contributed by atoms with van der Waals surface area (Å²) in [6.07, 6.45) is 0. The van der Waals surface area contributed by atoms with Gasteiger partial charge in [0.25, 0.3) is 0 Å². The van der Waals surface area contributed by atoms with Gasteiger partial charge >= 0.3 is 5.91 Å². The molecule has 0 aliphatic carbocycles. The lowest BCUT2D eigenvalue weighted by atomic mass is 10.1. The zero-order valence-corrected chi connectivity index (χ0v) is 14.8. The Bertz CT molecular complexity index is 992. The molecular formula is C19H19N3O4. The number of carbonyl (C=O) groups excluding carboxylic acids is 1. The van der Waals surface area contributed by atoms with E-state index in [9.17, 15) is 9.90 Å². The maximum Gasteiger partial charge on any atom is 0.302 e. The average molecular weight is 353 g/mol. The normalized spacial score (nSPS) is 11.2. The predicted molar refractivity (Wildman–Crippen MR) is 97.3 cm³/mol. The predicted octanol–water partition coefficient (Wildman–Crippen LogP) is 3.89. The molecule has 26 heavy (non-hydrogen) atoms. The summed E-state index contributed by atoms with van der Waals surface area (Å²) >= 11 is 0. The van der Waals surface area contributed by atoms with Crippen LogP contribution in [0.4, 0.5) is 5.69 Å². The highest BCUT2D eigenvalue weighted by Crippen LogP contribution is 2.39. The van der Waals surface area contributed by atoms with Gasteiger partial charge in [-0.2, -0.15) is 0 Å². The summed E-state index contributed by atoms with van der Waals surface area (Å²) in [7, 11) is 3.26. The van der Waals surface area contributed by atoms with E-state index in [4.69, 9.17) is 9.47 Å². The lowest BCUT2D eigenvalue weighted by Gasteiger charge is -2.07. The van der Waals surface area contributed by atoms with E-state index in [0.717, 1.165) is 16.5 Å². The Morgan fingerprint density at radius 3 is 2.62 bits per heavy atom. The van der Waals surface area contributed by atoms with Crippen molar-refractivity contribution in [2.24, 2.45) is 17.3 Å². The topological polar surface area (TPSA) is 85.4 Å². The number of aryl methyl sites for hydroxylation is 2. The molecule has 0 bridgehead atoms. The van der Waals surface area contributed by atoms with Crippen LogP contribution in [0.15, 0.2) is 52.7 Å². The van der Waals surface area contributed by atoms with Gasteiger partial charge in [-0.1, -0.05) is 30.3 Å². The summed E-state index contributed by atoms with van der Waals surface area (Å²) in [5, 5.41) is 18.6. The number of aromatic hydroxyl groups is 1. The second kappa shape index (κ2) is 7.26. The fraction of sp³-hybridized carbons (Fsp3) is 0.211. The van der Waals surface area contributed by atoms with Crippen LogP contribution in [-0.4, -0.2) is 29.3 Å². The van der Waals surface area contributed by atoms with Gasteiger partial charge in [0.05, 0.1) is 12.6 Å². The number of rotatable bonds is 5. The number of fused-ring (bicyclic) bond motifs is 1. The molecule has 0 unspecified atom stereocenters. The molecule has 1 amide bonds. The number of para-hydroxylation sites is 3. The molecule has 0 atom stereocenters. The molecule has 134 valence electrons. The third-order valence-corrected chi connectivity index (χ3v) is 4.04. The van der Waals surface area contributed by atoms with Crippen LogP contribution in [0.25, 0.3) is 10.9 Å². The number of ether oxygens (including phenoxy) is 2. The summed E-state index contributed by atoms with van der Waals surface area (Å²) in [5.74, 6) is 0.359. The number of nitrogens with zero attached hydrogens (tertiary/aromatic N) is 3. The highest BCUT2D eigenvalue weighted by atomic mass is 16.5. The second-order valence-electron chi connectivity index (χ2n) is 5.74. The number of amides is 1. The van der Waals surface area contributed by atoms with Crippen molar-refractivity contribution in [1.82, 2.24) is 4.57 Å². The van der Waals surface area contributed by atoms with Crippen molar-refractivity contribution in [3.05, 3.63) is 48.0 Å². The van der Waals surface area contributed by atoms with Crippen LogP contribution in [0.5, 0.6) is 17.4 Å². The van der Waals surface area contributed by atoms with E-state index < -0.39 is 5.91 Å². The molecule has 7 heteroatoms. The third-order valence-electron chi connectivity index (χ3n) is 4.04. The summed E-state index contributed by atoms with van der Waals surface area (Å²) in [5.41, 5.74) is 2.10. The van der Waals surface area contributed by atoms with E-state index >= 15 is 0 Å². The number of methoxy groups -OCH3 is 1. The number of benzene rings is 2. The van der Waals surface area contributed by atoms with Crippen molar-refractivity contribution in [3.8, 4) is 17.4 Å². The quantitative estimate of drug-likeness (QED) is 0.705. The minimum absolute atomic E-state index is 0.0449. The first-order valence-corrected chi connectivity index (χ1v) is 8.00. The first-order chi connectivity index (χ1) is 12.5. The van der Waals surface area contributed by atoms with Crippen molar-refractivity contribution < 1.29 is 19.4 Å². The standard InChI is InChI=1S/C19H19N3O4/c1-12-7-6-8-13-17(19(24)22(2)18(12)13)21-20-16(23)11-26-15-10-5-4-9-14(15)25-3/h4-10,24H,11H2,1-3H3. The molecule has 0 saturated carbocycles. The van der Waals surface area contributed by atoms with Crippen molar-refractivity contribution >= 4 is 22.5 Å². The smallest absolute Gasteiger partial charge is 0.302 e. The number of azo groups is 1. The number of hydrogen-bond donors (Lipinski definition) is 1. The van der Waals surface area contributed by atoms with Crippen LogP contribution in [0.1, 0.15) is 5.56 Å². The Kier molecular flexibility index (Phi) is 4.88. The van der Waals surface area contributed by atoms with Gasteiger partial charge in [0, 0.05) is 12.4 Å². The Labute approximate surface area is 150 Å². The lowest BCUT2D eigenvalue weighted by molar-refractivity contribution is -0.120. The first-order valence-electron chi connectivity index (χ1n) is 8.00. The highest BCUT2D eigenvalue weighted by Gasteiger charge is 2.16. The van der Waals surface area contributed by atoms with E-state index in [1.165, 1.54) is 7.11 Å². The Morgan fingerprint density at radius 2 is 1.88 bits per heavy atom. The molecule has 3 rings (SSSR count). The molecule has 3 aromatic rings. The summed E-state index contributed by atoms with van der Waals surface area (Å²) in [6.45, 7) is 1.66. The molecule has 0 saturated heterocycles. The fourth-order valence-electron chi connectivity index (χ4n) is 2.79. The van der Waals surface area contributed by atoms with Gasteiger partial charge in [-0.15, -0.1) is 10.2 Å². The molecule has 1 N–H and O–H groups in total. The van der Waals surface area contributed by atoms with E-state index in [2.05, 4.69) is 10.2 Å². The number of hydrogen-bond acceptors (Lipinski definition) is 5. The largest absolute Gasteiger partial charge is 0.493 e. The lowest BCUT2D eigenvalue weighted by Crippen LogP contribution is -2.08. The van der Waals surface area contributed by atoms with Gasteiger partial charge < -0.3 is 19.1 Å². The molecule has 0 spiro atoms. The maximum absolute atomic E-state index is 12.0. The average Bonchev–Trinajstić information content (AvgIpc) is 2.90. The molecule has 7 nitrogen and oxygen atoms in total. The van der Waals surface area contributed by atoms with Crippen LogP contribution in [0, 0.1) is 6.92 Å². The van der Waals surface area contributed by atoms with Gasteiger partial charge in [0.15, 0.2) is 23.8 Å². The molecule has 1 heterocycles. The fourth-order valence-corrected chi connectivity index (χ4v) is 2.79. The van der Waals surface area contributed by atoms with Crippen molar-refractivity contribution in [3.63, 3.8) is 0 Å². The van der Waals surface area contributed by atoms with Crippen LogP contribution in [-0.2, 0) is 11.8 Å². The first kappa shape index (κ1) is 17.5. The molecule has 2 aromatic carbocycles. The zero-order valence-electron chi connectivity index (χ0n) is 14.8.